The second kappa shape index (κ2) is 5.38. The zero-order chi connectivity index (χ0) is 14.0. The molecule has 5 nitrogen and oxygen atoms in total. The van der Waals surface area contributed by atoms with Gasteiger partial charge < -0.3 is 4.74 Å². The number of halogens is 3. The van der Waals surface area contributed by atoms with E-state index in [-0.39, 0.29) is 27.5 Å². The summed E-state index contributed by atoms with van der Waals surface area (Å²) in [5.74, 6) is -0.512. The van der Waals surface area contributed by atoms with Gasteiger partial charge in [-0.1, -0.05) is 23.2 Å². The van der Waals surface area contributed by atoms with E-state index in [9.17, 15) is 14.5 Å². The Balaban J connectivity index is 2.35. The molecule has 0 aliphatic rings. The second-order valence-electron chi connectivity index (χ2n) is 3.42. The van der Waals surface area contributed by atoms with Crippen molar-refractivity contribution in [2.24, 2.45) is 0 Å². The summed E-state index contributed by atoms with van der Waals surface area (Å²) < 4.78 is 18.1. The molecule has 0 unspecified atom stereocenters. The molecule has 2 aromatic rings. The van der Waals surface area contributed by atoms with Gasteiger partial charge >= 0.3 is 0 Å². The molecule has 19 heavy (non-hydrogen) atoms. The van der Waals surface area contributed by atoms with Crippen LogP contribution < -0.4 is 4.74 Å². The molecular weight excluding hydrogens is 298 g/mol. The zero-order valence-electron chi connectivity index (χ0n) is 9.14. The lowest BCUT2D eigenvalue weighted by molar-refractivity contribution is -0.385. The molecule has 98 valence electrons. The first kappa shape index (κ1) is 13.5. The summed E-state index contributed by atoms with van der Waals surface area (Å²) in [6.07, 6.45) is 0. The van der Waals surface area contributed by atoms with E-state index in [1.54, 1.807) is 0 Å². The maximum absolute atomic E-state index is 12.9. The third-order valence-corrected chi connectivity index (χ3v) is 2.56. The molecule has 1 heterocycles. The molecular formula is C11H5Cl2FN2O3. The van der Waals surface area contributed by atoms with Crippen LogP contribution in [0.1, 0.15) is 0 Å². The maximum atomic E-state index is 12.9. The van der Waals surface area contributed by atoms with Gasteiger partial charge in [0, 0.05) is 0 Å². The summed E-state index contributed by atoms with van der Waals surface area (Å²) in [7, 11) is 0. The van der Waals surface area contributed by atoms with Crippen molar-refractivity contribution in [3.05, 3.63) is 56.4 Å². The van der Waals surface area contributed by atoms with Crippen molar-refractivity contribution in [2.45, 2.75) is 0 Å². The number of ether oxygens (including phenoxy) is 1. The van der Waals surface area contributed by atoms with E-state index in [1.165, 1.54) is 6.07 Å². The molecule has 0 spiro atoms. The molecule has 0 atom stereocenters. The largest absolute Gasteiger partial charge is 0.437 e. The zero-order valence-corrected chi connectivity index (χ0v) is 10.7. The van der Waals surface area contributed by atoms with Crippen LogP contribution in [0.2, 0.25) is 10.2 Å². The van der Waals surface area contributed by atoms with E-state index in [2.05, 4.69) is 4.98 Å². The number of hydrogen-bond acceptors (Lipinski definition) is 4. The average molecular weight is 303 g/mol. The fraction of sp³-hybridized carbons (Fsp3) is 0. The standard InChI is InChI=1S/C11H5Cl2FN2O3/c12-8-3-6(14)1-2-9(8)19-11-5-7(16(17)18)4-10(13)15-11/h1-5H. The van der Waals surface area contributed by atoms with Gasteiger partial charge in [-0.2, -0.15) is 0 Å². The molecule has 0 saturated heterocycles. The molecule has 1 aromatic carbocycles. The predicted octanol–water partition coefficient (Wildman–Crippen LogP) is 4.23. The summed E-state index contributed by atoms with van der Waals surface area (Å²) >= 11 is 11.4. The van der Waals surface area contributed by atoms with Crippen molar-refractivity contribution in [1.82, 2.24) is 4.98 Å². The van der Waals surface area contributed by atoms with Crippen molar-refractivity contribution in [3.63, 3.8) is 0 Å². The number of nitro groups is 1. The molecule has 0 aliphatic carbocycles. The van der Waals surface area contributed by atoms with Crippen LogP contribution in [0.5, 0.6) is 11.6 Å². The van der Waals surface area contributed by atoms with E-state index in [1.807, 2.05) is 0 Å². The number of aromatic nitrogens is 1. The Morgan fingerprint density at radius 1 is 1.26 bits per heavy atom. The lowest BCUT2D eigenvalue weighted by atomic mass is 10.3. The van der Waals surface area contributed by atoms with Gasteiger partial charge in [0.1, 0.15) is 16.7 Å². The summed E-state index contributed by atoms with van der Waals surface area (Å²) in [4.78, 5) is 13.8. The highest BCUT2D eigenvalue weighted by Gasteiger charge is 2.13. The highest BCUT2D eigenvalue weighted by molar-refractivity contribution is 6.32. The van der Waals surface area contributed by atoms with Crippen molar-refractivity contribution < 1.29 is 14.1 Å². The van der Waals surface area contributed by atoms with Crippen LogP contribution in [0, 0.1) is 15.9 Å². The third kappa shape index (κ3) is 3.30. The van der Waals surface area contributed by atoms with Gasteiger partial charge in [-0.3, -0.25) is 10.1 Å². The van der Waals surface area contributed by atoms with Gasteiger partial charge in [0.05, 0.1) is 22.1 Å². The predicted molar refractivity (Wildman–Crippen MR) is 67.4 cm³/mol. The van der Waals surface area contributed by atoms with Crippen LogP contribution in [0.4, 0.5) is 10.1 Å². The summed E-state index contributed by atoms with van der Waals surface area (Å²) in [5.41, 5.74) is -0.270. The molecule has 0 amide bonds. The Bertz CT molecular complexity index is 652. The minimum Gasteiger partial charge on any atom is -0.437 e. The van der Waals surface area contributed by atoms with E-state index in [0.29, 0.717) is 0 Å². The van der Waals surface area contributed by atoms with Gasteiger partial charge in [-0.25, -0.2) is 9.37 Å². The summed E-state index contributed by atoms with van der Waals surface area (Å²) in [6, 6.07) is 5.65. The minimum atomic E-state index is -0.632. The SMILES string of the molecule is O=[N+]([O-])c1cc(Cl)nc(Oc2ccc(F)cc2Cl)c1. The molecule has 2 rings (SSSR count). The van der Waals surface area contributed by atoms with Crippen molar-refractivity contribution in [3.8, 4) is 11.6 Å². The third-order valence-electron chi connectivity index (χ3n) is 2.07. The lowest BCUT2D eigenvalue weighted by Crippen LogP contribution is -1.93. The average Bonchev–Trinajstić information content (AvgIpc) is 2.32. The summed E-state index contributed by atoms with van der Waals surface area (Å²) in [5, 5.41) is 10.6. The number of rotatable bonds is 3. The number of hydrogen-bond donors (Lipinski definition) is 0. The van der Waals surface area contributed by atoms with Gasteiger partial charge in [0.15, 0.2) is 0 Å². The van der Waals surface area contributed by atoms with E-state index in [4.69, 9.17) is 27.9 Å². The van der Waals surface area contributed by atoms with Gasteiger partial charge in [0.25, 0.3) is 5.69 Å². The summed E-state index contributed by atoms with van der Waals surface area (Å²) in [6.45, 7) is 0. The lowest BCUT2D eigenvalue weighted by Gasteiger charge is -2.06. The fourth-order valence-corrected chi connectivity index (χ4v) is 1.69. The first-order chi connectivity index (χ1) is 8.95. The molecule has 0 N–H and O–H groups in total. The fourth-order valence-electron chi connectivity index (χ4n) is 1.29. The van der Waals surface area contributed by atoms with Crippen LogP contribution in [0.15, 0.2) is 30.3 Å². The smallest absolute Gasteiger partial charge is 0.277 e. The molecule has 0 aliphatic heterocycles. The van der Waals surface area contributed by atoms with Crippen molar-refractivity contribution in [2.75, 3.05) is 0 Å². The molecule has 0 bridgehead atoms. The second-order valence-corrected chi connectivity index (χ2v) is 4.21. The number of nitrogens with zero attached hydrogens (tertiary/aromatic N) is 2. The Labute approximate surface area is 116 Å². The molecule has 0 radical (unpaired) electrons. The quantitative estimate of drug-likeness (QED) is 0.483. The van der Waals surface area contributed by atoms with E-state index < -0.39 is 10.7 Å². The Morgan fingerprint density at radius 3 is 2.63 bits per heavy atom. The van der Waals surface area contributed by atoms with Crippen LogP contribution >= 0.6 is 23.2 Å². The van der Waals surface area contributed by atoms with E-state index in [0.717, 1.165) is 24.3 Å². The first-order valence-corrected chi connectivity index (χ1v) is 5.66. The number of benzene rings is 1. The molecule has 1 aromatic heterocycles. The molecule has 0 saturated carbocycles. The normalized spacial score (nSPS) is 10.3. The van der Waals surface area contributed by atoms with Crippen molar-refractivity contribution in [1.29, 1.82) is 0 Å². The van der Waals surface area contributed by atoms with E-state index >= 15 is 0 Å². The monoisotopic (exact) mass is 302 g/mol. The van der Waals surface area contributed by atoms with Gasteiger partial charge in [0.2, 0.25) is 5.88 Å². The highest BCUT2D eigenvalue weighted by atomic mass is 35.5. The van der Waals surface area contributed by atoms with Crippen LogP contribution in [-0.4, -0.2) is 9.91 Å². The Kier molecular flexibility index (Phi) is 3.82. The first-order valence-electron chi connectivity index (χ1n) is 4.90. The Morgan fingerprint density at radius 2 is 2.00 bits per heavy atom. The molecule has 8 heteroatoms. The molecule has 0 fully saturated rings. The van der Waals surface area contributed by atoms with Crippen molar-refractivity contribution >= 4 is 28.9 Å². The topological polar surface area (TPSA) is 65.3 Å². The number of pyridine rings is 1. The highest BCUT2D eigenvalue weighted by Crippen LogP contribution is 2.31. The maximum Gasteiger partial charge on any atom is 0.277 e. The minimum absolute atomic E-state index is 0.0180. The van der Waals surface area contributed by atoms with Crippen LogP contribution in [0.25, 0.3) is 0 Å². The van der Waals surface area contributed by atoms with Crippen LogP contribution in [0.3, 0.4) is 0 Å². The van der Waals surface area contributed by atoms with Gasteiger partial charge in [-0.05, 0) is 18.2 Å². The Hall–Kier alpha value is -1.92. The van der Waals surface area contributed by atoms with Gasteiger partial charge in [-0.15, -0.1) is 0 Å². The van der Waals surface area contributed by atoms with Crippen LogP contribution in [-0.2, 0) is 0 Å².